The molecule has 33 heavy (non-hydrogen) atoms. The first kappa shape index (κ1) is 24.9. The van der Waals surface area contributed by atoms with Crippen LogP contribution in [0.3, 0.4) is 0 Å². The van der Waals surface area contributed by atoms with Crippen LogP contribution in [0.25, 0.3) is 0 Å². The summed E-state index contributed by atoms with van der Waals surface area (Å²) in [4.78, 5) is 4.65. The van der Waals surface area contributed by atoms with E-state index in [-0.39, 0.29) is 0 Å². The summed E-state index contributed by atoms with van der Waals surface area (Å²) in [7, 11) is 0. The van der Waals surface area contributed by atoms with Gasteiger partial charge in [0.15, 0.2) is 0 Å². The minimum absolute atomic E-state index is 0.664. The van der Waals surface area contributed by atoms with Gasteiger partial charge in [-0.05, 0) is 96.4 Å². The van der Waals surface area contributed by atoms with Gasteiger partial charge in [-0.25, -0.2) is 4.98 Å². The van der Waals surface area contributed by atoms with Gasteiger partial charge in [-0.15, -0.1) is 0 Å². The molecule has 0 atom stereocenters. The van der Waals surface area contributed by atoms with Crippen molar-refractivity contribution in [2.75, 3.05) is 13.2 Å². The lowest BCUT2D eigenvalue weighted by Crippen LogP contribution is -2.17. The summed E-state index contributed by atoms with van der Waals surface area (Å²) in [5.41, 5.74) is 1.55. The van der Waals surface area contributed by atoms with Crippen molar-refractivity contribution in [2.45, 2.75) is 52.7 Å². The second-order valence-corrected chi connectivity index (χ2v) is 8.59. The van der Waals surface area contributed by atoms with Gasteiger partial charge in [-0.1, -0.05) is 26.7 Å². The molecular formula is C27H32BrNO4. The van der Waals surface area contributed by atoms with Gasteiger partial charge in [-0.3, -0.25) is 0 Å². The van der Waals surface area contributed by atoms with E-state index in [1.807, 2.05) is 67.6 Å². The summed E-state index contributed by atoms with van der Waals surface area (Å²) in [6, 6.07) is 19.0. The molecule has 1 heterocycles. The van der Waals surface area contributed by atoms with Crippen LogP contribution in [0.5, 0.6) is 23.0 Å². The van der Waals surface area contributed by atoms with E-state index in [9.17, 15) is 0 Å². The van der Waals surface area contributed by atoms with Gasteiger partial charge in [0, 0.05) is 10.2 Å². The molecule has 2 aromatic carbocycles. The van der Waals surface area contributed by atoms with Gasteiger partial charge in [0.05, 0.1) is 13.2 Å². The van der Waals surface area contributed by atoms with E-state index >= 15 is 0 Å². The van der Waals surface area contributed by atoms with Crippen LogP contribution in [0.4, 0.5) is 0 Å². The summed E-state index contributed by atoms with van der Waals surface area (Å²) < 4.78 is 24.8. The third-order valence-electron chi connectivity index (χ3n) is 4.90. The predicted octanol–water partition coefficient (Wildman–Crippen LogP) is 7.67. The molecule has 5 nitrogen and oxygen atoms in total. The maximum Gasteiger partial charge on any atom is 0.285 e. The monoisotopic (exact) mass is 513 g/mol. The van der Waals surface area contributed by atoms with Gasteiger partial charge in [0.25, 0.3) is 6.29 Å². The lowest BCUT2D eigenvalue weighted by atomic mass is 10.3. The third kappa shape index (κ3) is 7.97. The molecule has 0 fully saturated rings. The highest BCUT2D eigenvalue weighted by atomic mass is 79.9. The lowest BCUT2D eigenvalue weighted by molar-refractivity contribution is -0.000485. The molecule has 3 rings (SSSR count). The Balaban J connectivity index is 1.75. The summed E-state index contributed by atoms with van der Waals surface area (Å²) in [6.07, 6.45) is 3.53. The van der Waals surface area contributed by atoms with Gasteiger partial charge < -0.3 is 18.9 Å². The SMILES string of the molecule is CCCCOc1ccc(OC(Oc2ccc(OCCCC)cc2)c2nc(C)ccc2Br)cc1. The van der Waals surface area contributed by atoms with Crippen molar-refractivity contribution in [3.8, 4) is 23.0 Å². The highest BCUT2D eigenvalue weighted by Gasteiger charge is 2.21. The molecule has 0 aliphatic rings. The zero-order chi connectivity index (χ0) is 23.5. The van der Waals surface area contributed by atoms with Crippen LogP contribution in [-0.2, 0) is 0 Å². The summed E-state index contributed by atoms with van der Waals surface area (Å²) in [5.74, 6) is 2.97. The molecule has 6 heteroatoms. The number of aryl methyl sites for hydroxylation is 1. The molecule has 0 saturated heterocycles. The summed E-state index contributed by atoms with van der Waals surface area (Å²) in [6.45, 7) is 7.65. The molecule has 0 bridgehead atoms. The molecule has 0 N–H and O–H groups in total. The van der Waals surface area contributed by atoms with Crippen LogP contribution < -0.4 is 18.9 Å². The Morgan fingerprint density at radius 3 is 1.61 bits per heavy atom. The van der Waals surface area contributed by atoms with Crippen molar-refractivity contribution in [1.29, 1.82) is 0 Å². The molecule has 176 valence electrons. The number of halogens is 1. The quantitative estimate of drug-likeness (QED) is 0.173. The van der Waals surface area contributed by atoms with Crippen LogP contribution in [0.1, 0.15) is 57.2 Å². The molecule has 0 spiro atoms. The van der Waals surface area contributed by atoms with E-state index in [0.717, 1.165) is 47.3 Å². The Kier molecular flexibility index (Phi) is 9.88. The Morgan fingerprint density at radius 2 is 1.15 bits per heavy atom. The van der Waals surface area contributed by atoms with Crippen molar-refractivity contribution in [3.05, 3.63) is 76.5 Å². The zero-order valence-electron chi connectivity index (χ0n) is 19.6. The van der Waals surface area contributed by atoms with Crippen molar-refractivity contribution in [1.82, 2.24) is 4.98 Å². The standard InChI is InChI=1S/C27H32BrNO4/c1-4-6-18-30-21-9-13-23(14-10-21)32-27(26-25(28)17-8-20(3)29-26)33-24-15-11-22(12-16-24)31-19-7-5-2/h8-17,27H,4-7,18-19H2,1-3H3. The molecule has 0 aliphatic carbocycles. The molecule has 0 saturated carbocycles. The minimum atomic E-state index is -0.738. The molecule has 0 aliphatic heterocycles. The zero-order valence-corrected chi connectivity index (χ0v) is 21.1. The number of hydrogen-bond donors (Lipinski definition) is 0. The Labute approximate surface area is 205 Å². The maximum atomic E-state index is 6.23. The second-order valence-electron chi connectivity index (χ2n) is 7.73. The summed E-state index contributed by atoms with van der Waals surface area (Å²) in [5, 5.41) is 0. The fourth-order valence-electron chi connectivity index (χ4n) is 3.01. The average Bonchev–Trinajstić information content (AvgIpc) is 2.83. The van der Waals surface area contributed by atoms with Crippen LogP contribution in [0.2, 0.25) is 0 Å². The topological polar surface area (TPSA) is 49.8 Å². The van der Waals surface area contributed by atoms with Crippen LogP contribution in [0.15, 0.2) is 65.1 Å². The van der Waals surface area contributed by atoms with Crippen molar-refractivity contribution in [2.24, 2.45) is 0 Å². The number of pyridine rings is 1. The first-order chi connectivity index (χ1) is 16.1. The van der Waals surface area contributed by atoms with Crippen molar-refractivity contribution < 1.29 is 18.9 Å². The van der Waals surface area contributed by atoms with E-state index in [0.29, 0.717) is 30.4 Å². The minimum Gasteiger partial charge on any atom is -0.494 e. The van der Waals surface area contributed by atoms with Crippen LogP contribution in [0, 0.1) is 6.92 Å². The Hall–Kier alpha value is -2.73. The van der Waals surface area contributed by atoms with Crippen LogP contribution in [-0.4, -0.2) is 18.2 Å². The van der Waals surface area contributed by atoms with Gasteiger partial charge in [0.1, 0.15) is 28.7 Å². The smallest absolute Gasteiger partial charge is 0.285 e. The molecule has 0 amide bonds. The number of nitrogens with zero attached hydrogens (tertiary/aromatic N) is 1. The van der Waals surface area contributed by atoms with Gasteiger partial charge in [-0.2, -0.15) is 0 Å². The molecule has 0 unspecified atom stereocenters. The van der Waals surface area contributed by atoms with Gasteiger partial charge >= 0.3 is 0 Å². The lowest BCUT2D eigenvalue weighted by Gasteiger charge is -2.22. The van der Waals surface area contributed by atoms with E-state index in [1.54, 1.807) is 0 Å². The fourth-order valence-corrected chi connectivity index (χ4v) is 3.41. The van der Waals surface area contributed by atoms with E-state index in [4.69, 9.17) is 18.9 Å². The average molecular weight is 514 g/mol. The number of benzene rings is 2. The van der Waals surface area contributed by atoms with E-state index in [2.05, 4.69) is 34.8 Å². The highest BCUT2D eigenvalue weighted by molar-refractivity contribution is 9.10. The maximum absolute atomic E-state index is 6.23. The first-order valence-electron chi connectivity index (χ1n) is 11.5. The molecular weight excluding hydrogens is 482 g/mol. The van der Waals surface area contributed by atoms with Crippen LogP contribution >= 0.6 is 15.9 Å². The number of rotatable bonds is 13. The van der Waals surface area contributed by atoms with Crippen molar-refractivity contribution in [3.63, 3.8) is 0 Å². The molecule has 3 aromatic rings. The van der Waals surface area contributed by atoms with E-state index in [1.165, 1.54) is 0 Å². The normalized spacial score (nSPS) is 10.8. The Morgan fingerprint density at radius 1 is 0.697 bits per heavy atom. The number of aromatic nitrogens is 1. The van der Waals surface area contributed by atoms with Crippen molar-refractivity contribution >= 4 is 15.9 Å². The molecule has 1 aromatic heterocycles. The largest absolute Gasteiger partial charge is 0.494 e. The Bertz CT molecular complexity index is 921. The highest BCUT2D eigenvalue weighted by Crippen LogP contribution is 2.31. The van der Waals surface area contributed by atoms with E-state index < -0.39 is 6.29 Å². The number of hydrogen-bond acceptors (Lipinski definition) is 5. The third-order valence-corrected chi connectivity index (χ3v) is 5.57. The molecule has 0 radical (unpaired) electrons. The fraction of sp³-hybridized carbons (Fsp3) is 0.370. The van der Waals surface area contributed by atoms with Gasteiger partial charge in [0.2, 0.25) is 0 Å². The number of ether oxygens (including phenoxy) is 4. The number of unbranched alkanes of at least 4 members (excludes halogenated alkanes) is 2. The summed E-state index contributed by atoms with van der Waals surface area (Å²) >= 11 is 3.59. The second kappa shape index (κ2) is 13.1. The predicted molar refractivity (Wildman–Crippen MR) is 134 cm³/mol. The first-order valence-corrected chi connectivity index (χ1v) is 12.3.